The van der Waals surface area contributed by atoms with E-state index in [-0.39, 0.29) is 17.9 Å². The smallest absolute Gasteiger partial charge is 0.249 e. The van der Waals surface area contributed by atoms with Crippen molar-refractivity contribution in [3.05, 3.63) is 52.8 Å². The van der Waals surface area contributed by atoms with Gasteiger partial charge in [0, 0.05) is 20.1 Å². The largest absolute Gasteiger partial charge is 0.495 e. The number of carbonyl (C=O) groups excluding carboxylic acids is 1. The van der Waals surface area contributed by atoms with Crippen molar-refractivity contribution in [3.63, 3.8) is 0 Å². The lowest BCUT2D eigenvalue weighted by atomic mass is 10.2. The van der Waals surface area contributed by atoms with E-state index in [0.29, 0.717) is 35.0 Å². The van der Waals surface area contributed by atoms with Gasteiger partial charge in [-0.05, 0) is 17.7 Å². The number of hydrogen-bond donors (Lipinski definition) is 0. The average molecular weight is 479 g/mol. The minimum Gasteiger partial charge on any atom is -0.495 e. The van der Waals surface area contributed by atoms with E-state index in [0.717, 1.165) is 10.2 Å². The molecular weight excluding hydrogens is 452 g/mol. The zero-order valence-corrected chi connectivity index (χ0v) is 19.9. The maximum absolute atomic E-state index is 12.6. The number of methoxy groups -OCH3 is 3. The molecule has 0 saturated carbocycles. The first-order valence-electron chi connectivity index (χ1n) is 9.93. The third-order valence-corrected chi connectivity index (χ3v) is 7.48. The second-order valence-corrected chi connectivity index (χ2v) is 10.2. The molecule has 0 aliphatic carbocycles. The number of sulfone groups is 1. The first-order chi connectivity index (χ1) is 15.4. The fourth-order valence-corrected chi connectivity index (χ4v) is 5.75. The van der Waals surface area contributed by atoms with Gasteiger partial charge in [-0.25, -0.2) is 8.42 Å². The molecule has 0 N–H and O–H groups in total. The highest BCUT2D eigenvalue weighted by Gasteiger charge is 2.18. The lowest BCUT2D eigenvalue weighted by Crippen LogP contribution is -2.20. The second-order valence-electron chi connectivity index (χ2n) is 7.01. The van der Waals surface area contributed by atoms with E-state index in [9.17, 15) is 13.2 Å². The summed E-state index contributed by atoms with van der Waals surface area (Å²) in [5.41, 5.74) is 1.44. The monoisotopic (exact) mass is 478 g/mol. The highest BCUT2D eigenvalue weighted by molar-refractivity contribution is 7.90. The highest BCUT2D eigenvalue weighted by atomic mass is 32.2. The van der Waals surface area contributed by atoms with Gasteiger partial charge in [0.2, 0.25) is 5.91 Å². The molecule has 1 aromatic heterocycles. The van der Waals surface area contributed by atoms with E-state index in [1.807, 2.05) is 10.6 Å². The standard InChI is InChI=1S/C22H26N2O6S2/c1-28-13-12-24-20-17(29-2)9-10-18(30-3)21(20)31-22(24)23-19(25)11-14-32(26,27)15-16-7-5-4-6-8-16/h4-10H,11-15H2,1-3H3. The molecule has 32 heavy (non-hydrogen) atoms. The quantitative estimate of drug-likeness (QED) is 0.445. The summed E-state index contributed by atoms with van der Waals surface area (Å²) in [6.45, 7) is 0.845. The molecule has 0 bridgehead atoms. The van der Waals surface area contributed by atoms with Gasteiger partial charge < -0.3 is 18.8 Å². The van der Waals surface area contributed by atoms with Crippen LogP contribution < -0.4 is 14.3 Å². The lowest BCUT2D eigenvalue weighted by Gasteiger charge is -2.09. The SMILES string of the molecule is COCCn1c(=NC(=O)CCS(=O)(=O)Cc2ccccc2)sc2c(OC)ccc(OC)c21. The van der Waals surface area contributed by atoms with Gasteiger partial charge in [-0.15, -0.1) is 0 Å². The summed E-state index contributed by atoms with van der Waals surface area (Å²) >= 11 is 1.28. The Labute approximate surface area is 191 Å². The minimum absolute atomic E-state index is 0.105. The topological polar surface area (TPSA) is 96.2 Å². The van der Waals surface area contributed by atoms with Crippen molar-refractivity contribution in [1.82, 2.24) is 4.57 Å². The number of aromatic nitrogens is 1. The number of thiazole rings is 1. The summed E-state index contributed by atoms with van der Waals surface area (Å²) in [6.07, 6.45) is -0.193. The molecule has 0 fully saturated rings. The Bertz CT molecular complexity index is 1250. The Morgan fingerprint density at radius 1 is 1.03 bits per heavy atom. The summed E-state index contributed by atoms with van der Waals surface area (Å²) in [5.74, 6) is 0.382. The molecular formula is C22H26N2O6S2. The molecule has 0 atom stereocenters. The molecule has 3 aromatic rings. The predicted molar refractivity (Wildman–Crippen MR) is 124 cm³/mol. The van der Waals surface area contributed by atoms with Crippen LogP contribution in [0.25, 0.3) is 10.2 Å². The third kappa shape index (κ3) is 5.76. The number of nitrogens with zero attached hydrogens (tertiary/aromatic N) is 2. The second kappa shape index (κ2) is 10.8. The molecule has 172 valence electrons. The maximum atomic E-state index is 12.6. The number of ether oxygens (including phenoxy) is 3. The summed E-state index contributed by atoms with van der Waals surface area (Å²) in [7, 11) is 1.29. The van der Waals surface area contributed by atoms with E-state index in [2.05, 4.69) is 4.99 Å². The Morgan fingerprint density at radius 3 is 2.38 bits per heavy atom. The van der Waals surface area contributed by atoms with Crippen LogP contribution in [0.1, 0.15) is 12.0 Å². The van der Waals surface area contributed by atoms with Crippen molar-refractivity contribution in [1.29, 1.82) is 0 Å². The van der Waals surface area contributed by atoms with Crippen molar-refractivity contribution in [3.8, 4) is 11.5 Å². The lowest BCUT2D eigenvalue weighted by molar-refractivity contribution is -0.117. The third-order valence-electron chi connectivity index (χ3n) is 4.79. The molecule has 2 aromatic carbocycles. The first-order valence-corrected chi connectivity index (χ1v) is 12.6. The van der Waals surface area contributed by atoms with Gasteiger partial charge in [-0.3, -0.25) is 4.79 Å². The molecule has 1 amide bonds. The van der Waals surface area contributed by atoms with Crippen LogP contribution in [-0.4, -0.2) is 52.6 Å². The normalized spacial score (nSPS) is 12.3. The van der Waals surface area contributed by atoms with Crippen molar-refractivity contribution in [2.75, 3.05) is 33.7 Å². The molecule has 0 radical (unpaired) electrons. The van der Waals surface area contributed by atoms with Gasteiger partial charge in [-0.1, -0.05) is 41.7 Å². The number of fused-ring (bicyclic) bond motifs is 1. The summed E-state index contributed by atoms with van der Waals surface area (Å²) < 4.78 is 43.6. The fourth-order valence-electron chi connectivity index (χ4n) is 3.24. The molecule has 0 saturated heterocycles. The molecule has 8 nitrogen and oxygen atoms in total. The number of amides is 1. The van der Waals surface area contributed by atoms with Crippen molar-refractivity contribution < 1.29 is 27.4 Å². The van der Waals surface area contributed by atoms with Gasteiger partial charge >= 0.3 is 0 Å². The minimum atomic E-state index is -3.44. The van der Waals surface area contributed by atoms with E-state index < -0.39 is 15.7 Å². The van der Waals surface area contributed by atoms with Gasteiger partial charge in [0.25, 0.3) is 0 Å². The summed E-state index contributed by atoms with van der Waals surface area (Å²) in [5, 5.41) is 0. The number of carbonyl (C=O) groups is 1. The van der Waals surface area contributed by atoms with Crippen LogP contribution in [0.2, 0.25) is 0 Å². The van der Waals surface area contributed by atoms with Crippen LogP contribution >= 0.6 is 11.3 Å². The van der Waals surface area contributed by atoms with Gasteiger partial charge in [0.1, 0.15) is 21.7 Å². The predicted octanol–water partition coefficient (Wildman–Crippen LogP) is 2.80. The van der Waals surface area contributed by atoms with Crippen LogP contribution in [0.15, 0.2) is 47.5 Å². The van der Waals surface area contributed by atoms with Crippen molar-refractivity contribution in [2.45, 2.75) is 18.7 Å². The van der Waals surface area contributed by atoms with Gasteiger partial charge in [0.05, 0.1) is 32.3 Å². The molecule has 0 unspecified atom stereocenters. The zero-order valence-electron chi connectivity index (χ0n) is 18.2. The van der Waals surface area contributed by atoms with Crippen LogP contribution in [0.3, 0.4) is 0 Å². The summed E-state index contributed by atoms with van der Waals surface area (Å²) in [4.78, 5) is 17.2. The van der Waals surface area contributed by atoms with Crippen molar-refractivity contribution in [2.24, 2.45) is 4.99 Å². The zero-order chi connectivity index (χ0) is 23.1. The number of rotatable bonds is 10. The Morgan fingerprint density at radius 2 is 1.72 bits per heavy atom. The summed E-state index contributed by atoms with van der Waals surface area (Å²) in [6, 6.07) is 12.5. The molecule has 0 aliphatic rings. The molecule has 3 rings (SSSR count). The first kappa shape index (κ1) is 24.0. The Balaban J connectivity index is 1.90. The van der Waals surface area contributed by atoms with Gasteiger partial charge in [-0.2, -0.15) is 4.99 Å². The van der Waals surface area contributed by atoms with E-state index in [1.165, 1.54) is 11.3 Å². The fraction of sp³-hybridized carbons (Fsp3) is 0.364. The van der Waals surface area contributed by atoms with Crippen molar-refractivity contribution >= 4 is 37.3 Å². The van der Waals surface area contributed by atoms with E-state index >= 15 is 0 Å². The van der Waals surface area contributed by atoms with Gasteiger partial charge in [0.15, 0.2) is 14.6 Å². The average Bonchev–Trinajstić information content (AvgIpc) is 3.14. The molecule has 1 heterocycles. The molecule has 0 spiro atoms. The van der Waals surface area contributed by atoms with Crippen LogP contribution in [0, 0.1) is 0 Å². The number of benzene rings is 2. The van der Waals surface area contributed by atoms with Crippen LogP contribution in [0.4, 0.5) is 0 Å². The Hall–Kier alpha value is -2.69. The molecule has 10 heteroatoms. The number of hydrogen-bond acceptors (Lipinski definition) is 7. The van der Waals surface area contributed by atoms with E-state index in [1.54, 1.807) is 57.7 Å². The molecule has 0 aliphatic heterocycles. The highest BCUT2D eigenvalue weighted by Crippen LogP contribution is 2.35. The van der Waals surface area contributed by atoms with Crippen LogP contribution in [0.5, 0.6) is 11.5 Å². The van der Waals surface area contributed by atoms with Crippen LogP contribution in [-0.2, 0) is 31.7 Å². The maximum Gasteiger partial charge on any atom is 0.249 e. The van der Waals surface area contributed by atoms with E-state index in [4.69, 9.17) is 14.2 Å². The Kier molecular flexibility index (Phi) is 8.05.